The number of carbonyl (C=O) groups excluding carboxylic acids is 1. The van der Waals surface area contributed by atoms with Crippen molar-refractivity contribution in [3.8, 4) is 0 Å². The van der Waals surface area contributed by atoms with Gasteiger partial charge in [0.05, 0.1) is 6.20 Å². The Kier molecular flexibility index (Phi) is 4.01. The van der Waals surface area contributed by atoms with Gasteiger partial charge in [0.15, 0.2) is 0 Å². The molecule has 0 bridgehead atoms. The molecule has 2 rings (SSSR count). The van der Waals surface area contributed by atoms with Gasteiger partial charge in [-0.2, -0.15) is 5.10 Å². The molecular weight excluding hydrogens is 228 g/mol. The molecule has 0 spiro atoms. The van der Waals surface area contributed by atoms with E-state index in [9.17, 15) is 4.79 Å². The van der Waals surface area contributed by atoms with Crippen LogP contribution < -0.4 is 10.6 Å². The summed E-state index contributed by atoms with van der Waals surface area (Å²) in [6, 6.07) is 0.0107. The van der Waals surface area contributed by atoms with Gasteiger partial charge in [-0.15, -0.1) is 0 Å². The second-order valence-corrected chi connectivity index (χ2v) is 5.19. The maximum absolute atomic E-state index is 12.3. The van der Waals surface area contributed by atoms with Crippen LogP contribution in [-0.2, 0) is 11.8 Å². The standard InChI is InChI=1S/C13H22N4O/c1-9-5-4-6-11(9)16-13(18)12(14-2)10-7-15-17(3)8-10/h7-9,11-12,14H,4-6H2,1-3H3,(H,16,18). The van der Waals surface area contributed by atoms with Gasteiger partial charge in [-0.1, -0.05) is 13.3 Å². The molecule has 2 N–H and O–H groups in total. The van der Waals surface area contributed by atoms with Crippen molar-refractivity contribution in [1.82, 2.24) is 20.4 Å². The number of carbonyl (C=O) groups is 1. The molecule has 0 aromatic carbocycles. The predicted octanol–water partition coefficient (Wildman–Crippen LogP) is 0.985. The molecule has 1 aromatic rings. The van der Waals surface area contributed by atoms with Gasteiger partial charge in [-0.05, 0) is 25.8 Å². The van der Waals surface area contributed by atoms with Crippen molar-refractivity contribution in [3.05, 3.63) is 18.0 Å². The van der Waals surface area contributed by atoms with Crippen LogP contribution in [0.1, 0.15) is 37.8 Å². The third-order valence-electron chi connectivity index (χ3n) is 3.80. The SMILES string of the molecule is CNC(C(=O)NC1CCCC1C)c1cnn(C)c1. The fourth-order valence-electron chi connectivity index (χ4n) is 2.66. The van der Waals surface area contributed by atoms with Crippen molar-refractivity contribution in [1.29, 1.82) is 0 Å². The Morgan fingerprint density at radius 2 is 2.33 bits per heavy atom. The van der Waals surface area contributed by atoms with Gasteiger partial charge < -0.3 is 10.6 Å². The van der Waals surface area contributed by atoms with Crippen molar-refractivity contribution < 1.29 is 4.79 Å². The van der Waals surface area contributed by atoms with Crippen LogP contribution >= 0.6 is 0 Å². The van der Waals surface area contributed by atoms with E-state index in [2.05, 4.69) is 22.7 Å². The number of hydrogen-bond donors (Lipinski definition) is 2. The maximum atomic E-state index is 12.3. The van der Waals surface area contributed by atoms with Crippen molar-refractivity contribution in [2.45, 2.75) is 38.3 Å². The lowest BCUT2D eigenvalue weighted by molar-refractivity contribution is -0.124. The molecule has 1 heterocycles. The maximum Gasteiger partial charge on any atom is 0.242 e. The summed E-state index contributed by atoms with van der Waals surface area (Å²) in [7, 11) is 3.66. The smallest absolute Gasteiger partial charge is 0.242 e. The molecular formula is C13H22N4O. The molecule has 100 valence electrons. The van der Waals surface area contributed by atoms with Crippen LogP contribution in [0, 0.1) is 5.92 Å². The second kappa shape index (κ2) is 5.52. The first-order chi connectivity index (χ1) is 8.61. The summed E-state index contributed by atoms with van der Waals surface area (Å²) in [6.07, 6.45) is 7.12. The van der Waals surface area contributed by atoms with Gasteiger partial charge in [0.1, 0.15) is 6.04 Å². The summed E-state index contributed by atoms with van der Waals surface area (Å²) in [6.45, 7) is 2.20. The van der Waals surface area contributed by atoms with E-state index in [1.165, 1.54) is 12.8 Å². The number of hydrogen-bond acceptors (Lipinski definition) is 3. The lowest BCUT2D eigenvalue weighted by Crippen LogP contribution is -2.42. The lowest BCUT2D eigenvalue weighted by Gasteiger charge is -2.21. The van der Waals surface area contributed by atoms with Crippen LogP contribution in [0.25, 0.3) is 0 Å². The van der Waals surface area contributed by atoms with Crippen LogP contribution in [0.3, 0.4) is 0 Å². The van der Waals surface area contributed by atoms with Gasteiger partial charge in [0.25, 0.3) is 0 Å². The molecule has 1 aliphatic rings. The average Bonchev–Trinajstić information content (AvgIpc) is 2.91. The van der Waals surface area contributed by atoms with Crippen LogP contribution in [-0.4, -0.2) is 28.8 Å². The van der Waals surface area contributed by atoms with E-state index in [-0.39, 0.29) is 11.9 Å². The van der Waals surface area contributed by atoms with E-state index < -0.39 is 0 Å². The number of rotatable bonds is 4. The zero-order valence-corrected chi connectivity index (χ0v) is 11.3. The normalized spacial score (nSPS) is 25.1. The van der Waals surface area contributed by atoms with Crippen molar-refractivity contribution in [2.75, 3.05) is 7.05 Å². The zero-order chi connectivity index (χ0) is 13.1. The number of aryl methyl sites for hydroxylation is 1. The molecule has 3 atom stereocenters. The molecule has 0 aliphatic heterocycles. The third kappa shape index (κ3) is 2.72. The van der Waals surface area contributed by atoms with Gasteiger partial charge in [-0.3, -0.25) is 9.48 Å². The minimum absolute atomic E-state index is 0.0456. The Morgan fingerprint density at radius 1 is 1.56 bits per heavy atom. The fourth-order valence-corrected chi connectivity index (χ4v) is 2.66. The first-order valence-corrected chi connectivity index (χ1v) is 6.58. The molecule has 1 saturated carbocycles. The summed E-state index contributed by atoms with van der Waals surface area (Å²) in [5.41, 5.74) is 0.906. The quantitative estimate of drug-likeness (QED) is 0.837. The van der Waals surface area contributed by atoms with Crippen LogP contribution in [0.15, 0.2) is 12.4 Å². The molecule has 0 radical (unpaired) electrons. The second-order valence-electron chi connectivity index (χ2n) is 5.19. The molecule has 1 amide bonds. The molecule has 3 unspecified atom stereocenters. The zero-order valence-electron chi connectivity index (χ0n) is 11.3. The first-order valence-electron chi connectivity index (χ1n) is 6.58. The average molecular weight is 250 g/mol. The number of nitrogens with one attached hydrogen (secondary N) is 2. The van der Waals surface area contributed by atoms with E-state index in [4.69, 9.17) is 0 Å². The van der Waals surface area contributed by atoms with Gasteiger partial charge in [0, 0.05) is 24.8 Å². The summed E-state index contributed by atoms with van der Waals surface area (Å²) in [5, 5.41) is 10.3. The fraction of sp³-hybridized carbons (Fsp3) is 0.692. The Balaban J connectivity index is 2.01. The summed E-state index contributed by atoms with van der Waals surface area (Å²) in [4.78, 5) is 12.3. The van der Waals surface area contributed by atoms with E-state index in [0.717, 1.165) is 12.0 Å². The molecule has 1 aromatic heterocycles. The molecule has 18 heavy (non-hydrogen) atoms. The molecule has 5 heteroatoms. The van der Waals surface area contributed by atoms with Gasteiger partial charge in [0.2, 0.25) is 5.91 Å². The minimum Gasteiger partial charge on any atom is -0.351 e. The Labute approximate surface area is 108 Å². The van der Waals surface area contributed by atoms with Gasteiger partial charge in [-0.25, -0.2) is 0 Å². The Hall–Kier alpha value is -1.36. The Morgan fingerprint density at radius 3 is 2.83 bits per heavy atom. The summed E-state index contributed by atoms with van der Waals surface area (Å²) >= 11 is 0. The van der Waals surface area contributed by atoms with Crippen LogP contribution in [0.4, 0.5) is 0 Å². The van der Waals surface area contributed by atoms with Crippen LogP contribution in [0.5, 0.6) is 0 Å². The van der Waals surface area contributed by atoms with Crippen molar-refractivity contribution >= 4 is 5.91 Å². The molecule has 1 fully saturated rings. The largest absolute Gasteiger partial charge is 0.351 e. The van der Waals surface area contributed by atoms with E-state index in [1.807, 2.05) is 13.2 Å². The first kappa shape index (κ1) is 13.1. The third-order valence-corrected chi connectivity index (χ3v) is 3.80. The van der Waals surface area contributed by atoms with Crippen molar-refractivity contribution in [3.63, 3.8) is 0 Å². The monoisotopic (exact) mass is 250 g/mol. The molecule has 5 nitrogen and oxygen atoms in total. The van der Waals surface area contributed by atoms with E-state index >= 15 is 0 Å². The number of aromatic nitrogens is 2. The van der Waals surface area contributed by atoms with Crippen LogP contribution in [0.2, 0.25) is 0 Å². The lowest BCUT2D eigenvalue weighted by atomic mass is 10.0. The predicted molar refractivity (Wildman–Crippen MR) is 70.0 cm³/mol. The van der Waals surface area contributed by atoms with Gasteiger partial charge >= 0.3 is 0 Å². The highest BCUT2D eigenvalue weighted by Gasteiger charge is 2.28. The number of likely N-dealkylation sites (N-methyl/N-ethyl adjacent to an activating group) is 1. The van der Waals surface area contributed by atoms with E-state index in [0.29, 0.717) is 12.0 Å². The highest BCUT2D eigenvalue weighted by molar-refractivity contribution is 5.83. The van der Waals surface area contributed by atoms with Crippen molar-refractivity contribution in [2.24, 2.45) is 13.0 Å². The summed E-state index contributed by atoms with van der Waals surface area (Å²) < 4.78 is 1.71. The molecule has 1 aliphatic carbocycles. The minimum atomic E-state index is -0.313. The summed E-state index contributed by atoms with van der Waals surface area (Å²) in [5.74, 6) is 0.629. The molecule has 0 saturated heterocycles. The number of amides is 1. The topological polar surface area (TPSA) is 59.0 Å². The highest BCUT2D eigenvalue weighted by Crippen LogP contribution is 2.25. The Bertz CT molecular complexity index is 415. The van der Waals surface area contributed by atoms with E-state index in [1.54, 1.807) is 17.9 Å². The number of nitrogens with zero attached hydrogens (tertiary/aromatic N) is 2. The highest BCUT2D eigenvalue weighted by atomic mass is 16.2.